The van der Waals surface area contributed by atoms with E-state index in [0.29, 0.717) is 5.56 Å². The molecule has 0 spiro atoms. The van der Waals surface area contributed by atoms with Gasteiger partial charge in [-0.1, -0.05) is 27.7 Å². The van der Waals surface area contributed by atoms with Crippen LogP contribution in [-0.2, 0) is 7.05 Å². The average Bonchev–Trinajstić information content (AvgIpc) is 2.71. The molecule has 5 nitrogen and oxygen atoms in total. The molecule has 18 heavy (non-hydrogen) atoms. The number of aromatic nitrogens is 2. The molecule has 2 rings (SSSR count). The van der Waals surface area contributed by atoms with E-state index in [2.05, 4.69) is 38.1 Å². The predicted octanol–water partition coefficient (Wildman–Crippen LogP) is 0.912. The van der Waals surface area contributed by atoms with Gasteiger partial charge in [-0.2, -0.15) is 5.10 Å². The van der Waals surface area contributed by atoms with Crippen LogP contribution in [0.15, 0.2) is 12.4 Å². The number of amides is 1. The summed E-state index contributed by atoms with van der Waals surface area (Å²) in [6.07, 6.45) is 3.29. The molecule has 1 aliphatic carbocycles. The van der Waals surface area contributed by atoms with Crippen molar-refractivity contribution in [1.82, 2.24) is 15.1 Å². The van der Waals surface area contributed by atoms with Crippen LogP contribution in [0.5, 0.6) is 0 Å². The molecule has 1 amide bonds. The van der Waals surface area contributed by atoms with Gasteiger partial charge < -0.3 is 11.1 Å². The van der Waals surface area contributed by atoms with E-state index in [-0.39, 0.29) is 28.8 Å². The summed E-state index contributed by atoms with van der Waals surface area (Å²) in [5, 5.41) is 7.09. The lowest BCUT2D eigenvalue weighted by Gasteiger charge is -2.62. The maximum Gasteiger partial charge on any atom is 0.254 e. The lowest BCUT2D eigenvalue weighted by Crippen LogP contribution is -2.76. The third-order valence-corrected chi connectivity index (χ3v) is 4.33. The Kier molecular flexibility index (Phi) is 2.77. The first-order valence-electron chi connectivity index (χ1n) is 6.22. The molecule has 0 aromatic carbocycles. The highest BCUT2D eigenvalue weighted by Crippen LogP contribution is 2.52. The van der Waals surface area contributed by atoms with Gasteiger partial charge in [-0.25, -0.2) is 0 Å². The van der Waals surface area contributed by atoms with E-state index in [1.807, 2.05) is 0 Å². The monoisotopic (exact) mass is 250 g/mol. The molecule has 1 heterocycles. The topological polar surface area (TPSA) is 72.9 Å². The molecule has 1 aliphatic rings. The Morgan fingerprint density at radius 3 is 2.39 bits per heavy atom. The molecule has 3 N–H and O–H groups in total. The molecule has 0 atom stereocenters. The van der Waals surface area contributed by atoms with E-state index in [0.717, 1.165) is 0 Å². The van der Waals surface area contributed by atoms with Gasteiger partial charge in [0.2, 0.25) is 0 Å². The van der Waals surface area contributed by atoms with Gasteiger partial charge in [0.05, 0.1) is 11.8 Å². The fourth-order valence-corrected chi connectivity index (χ4v) is 3.31. The number of nitrogens with zero attached hydrogens (tertiary/aromatic N) is 2. The summed E-state index contributed by atoms with van der Waals surface area (Å²) < 4.78 is 1.62. The molecule has 100 valence electrons. The van der Waals surface area contributed by atoms with E-state index in [4.69, 9.17) is 5.73 Å². The molecule has 1 aromatic heterocycles. The molecular weight excluding hydrogens is 228 g/mol. The zero-order valence-electron chi connectivity index (χ0n) is 11.7. The second-order valence-corrected chi connectivity index (χ2v) is 6.43. The Morgan fingerprint density at radius 2 is 1.94 bits per heavy atom. The highest BCUT2D eigenvalue weighted by atomic mass is 16.1. The number of hydrogen-bond acceptors (Lipinski definition) is 3. The first kappa shape index (κ1) is 13.1. The average molecular weight is 250 g/mol. The van der Waals surface area contributed by atoms with Gasteiger partial charge in [0.25, 0.3) is 5.91 Å². The summed E-state index contributed by atoms with van der Waals surface area (Å²) in [4.78, 5) is 12.1. The van der Waals surface area contributed by atoms with Crippen LogP contribution in [0.3, 0.4) is 0 Å². The molecule has 1 aromatic rings. The van der Waals surface area contributed by atoms with Crippen molar-refractivity contribution in [3.8, 4) is 0 Å². The first-order valence-corrected chi connectivity index (χ1v) is 6.22. The van der Waals surface area contributed by atoms with E-state index in [1.165, 1.54) is 0 Å². The number of carbonyl (C=O) groups excluding carboxylic acids is 1. The smallest absolute Gasteiger partial charge is 0.254 e. The summed E-state index contributed by atoms with van der Waals surface area (Å²) in [6.45, 7) is 8.38. The summed E-state index contributed by atoms with van der Waals surface area (Å²) in [7, 11) is 1.80. The van der Waals surface area contributed by atoms with E-state index >= 15 is 0 Å². The third-order valence-electron chi connectivity index (χ3n) is 4.33. The van der Waals surface area contributed by atoms with Gasteiger partial charge in [0.1, 0.15) is 0 Å². The van der Waals surface area contributed by atoms with E-state index < -0.39 is 0 Å². The zero-order valence-corrected chi connectivity index (χ0v) is 11.7. The fraction of sp³-hybridized carbons (Fsp3) is 0.692. The van der Waals surface area contributed by atoms with Gasteiger partial charge in [-0.15, -0.1) is 0 Å². The van der Waals surface area contributed by atoms with Gasteiger partial charge in [0.15, 0.2) is 0 Å². The maximum atomic E-state index is 12.1. The van der Waals surface area contributed by atoms with Crippen molar-refractivity contribution in [3.63, 3.8) is 0 Å². The Morgan fingerprint density at radius 1 is 1.39 bits per heavy atom. The van der Waals surface area contributed by atoms with Gasteiger partial charge in [-0.05, 0) is 0 Å². The summed E-state index contributed by atoms with van der Waals surface area (Å²) in [5.41, 5.74) is 6.60. The lowest BCUT2D eigenvalue weighted by atomic mass is 9.48. The van der Waals surface area contributed by atoms with Crippen LogP contribution in [0.2, 0.25) is 0 Å². The number of carbonyl (C=O) groups is 1. The predicted molar refractivity (Wildman–Crippen MR) is 70.0 cm³/mol. The minimum absolute atomic E-state index is 0.0766. The normalized spacial score (nSPS) is 28.6. The lowest BCUT2D eigenvalue weighted by molar-refractivity contribution is -0.0663. The molecule has 0 radical (unpaired) electrons. The zero-order chi connectivity index (χ0) is 13.7. The summed E-state index contributed by atoms with van der Waals surface area (Å²) >= 11 is 0. The quantitative estimate of drug-likeness (QED) is 0.819. The van der Waals surface area contributed by atoms with Crippen molar-refractivity contribution in [2.45, 2.75) is 39.8 Å². The van der Waals surface area contributed by atoms with Crippen LogP contribution in [0.4, 0.5) is 0 Å². The Bertz CT molecular complexity index is 459. The van der Waals surface area contributed by atoms with Crippen molar-refractivity contribution >= 4 is 5.91 Å². The first-order chi connectivity index (χ1) is 8.17. The second kappa shape index (κ2) is 3.82. The van der Waals surface area contributed by atoms with Gasteiger partial charge in [-0.3, -0.25) is 9.48 Å². The van der Waals surface area contributed by atoms with Crippen LogP contribution in [0.25, 0.3) is 0 Å². The Hall–Kier alpha value is -1.36. The highest BCUT2D eigenvalue weighted by molar-refractivity contribution is 5.94. The van der Waals surface area contributed by atoms with Crippen molar-refractivity contribution in [1.29, 1.82) is 0 Å². The highest BCUT2D eigenvalue weighted by Gasteiger charge is 2.60. The number of rotatable bonds is 2. The van der Waals surface area contributed by atoms with Crippen LogP contribution in [0.1, 0.15) is 38.1 Å². The third kappa shape index (κ3) is 1.73. The largest absolute Gasteiger partial charge is 0.348 e. The Labute approximate surface area is 108 Å². The van der Waals surface area contributed by atoms with Crippen LogP contribution >= 0.6 is 0 Å². The van der Waals surface area contributed by atoms with Crippen LogP contribution in [0, 0.1) is 10.8 Å². The summed E-state index contributed by atoms with van der Waals surface area (Å²) in [5.74, 6) is -0.0823. The molecule has 0 aliphatic heterocycles. The number of nitrogens with two attached hydrogens (primary N) is 1. The van der Waals surface area contributed by atoms with E-state index in [9.17, 15) is 4.79 Å². The van der Waals surface area contributed by atoms with Gasteiger partial charge in [0, 0.05) is 36.2 Å². The minimum Gasteiger partial charge on any atom is -0.348 e. The maximum absolute atomic E-state index is 12.1. The molecule has 1 saturated carbocycles. The standard InChI is InChI=1S/C13H22N4O/c1-12(2)10(14)13(3,4)11(12)16-9(18)8-6-15-17(5)7-8/h6-7,10-11H,14H2,1-5H3,(H,16,18). The number of nitrogens with one attached hydrogen (secondary N) is 1. The minimum atomic E-state index is -0.0823. The SMILES string of the molecule is Cn1cc(C(=O)NC2C(C)(C)C(N)C2(C)C)cn1. The summed E-state index contributed by atoms with van der Waals surface area (Å²) in [6, 6.07) is 0.164. The second-order valence-electron chi connectivity index (χ2n) is 6.43. The van der Waals surface area contributed by atoms with Crippen LogP contribution < -0.4 is 11.1 Å². The molecule has 5 heteroatoms. The van der Waals surface area contributed by atoms with Crippen molar-refractivity contribution in [2.75, 3.05) is 0 Å². The molecule has 0 bridgehead atoms. The molecule has 1 fully saturated rings. The van der Waals surface area contributed by atoms with Crippen molar-refractivity contribution in [2.24, 2.45) is 23.6 Å². The van der Waals surface area contributed by atoms with Gasteiger partial charge >= 0.3 is 0 Å². The number of hydrogen-bond donors (Lipinski definition) is 2. The van der Waals surface area contributed by atoms with Crippen LogP contribution in [-0.4, -0.2) is 27.8 Å². The molecule has 0 unspecified atom stereocenters. The van der Waals surface area contributed by atoms with Crippen molar-refractivity contribution < 1.29 is 4.79 Å². The van der Waals surface area contributed by atoms with Crippen molar-refractivity contribution in [3.05, 3.63) is 18.0 Å². The molecule has 0 saturated heterocycles. The van der Waals surface area contributed by atoms with E-state index in [1.54, 1.807) is 24.1 Å². The Balaban J connectivity index is 2.13. The number of aryl methyl sites for hydroxylation is 1. The fourth-order valence-electron chi connectivity index (χ4n) is 3.31. The molecular formula is C13H22N4O.